The molecule has 0 fully saturated rings. The first-order chi connectivity index (χ1) is 8.09. The fourth-order valence-corrected chi connectivity index (χ4v) is 1.79. The van der Waals surface area contributed by atoms with E-state index >= 15 is 0 Å². The van der Waals surface area contributed by atoms with Crippen LogP contribution in [0.25, 0.3) is 0 Å². The van der Waals surface area contributed by atoms with Crippen LogP contribution in [0.3, 0.4) is 0 Å². The lowest BCUT2D eigenvalue weighted by molar-refractivity contribution is -0.119. The van der Waals surface area contributed by atoms with Crippen LogP contribution in [0, 0.1) is 0 Å². The molecule has 0 saturated heterocycles. The molecule has 0 aromatic heterocycles. The summed E-state index contributed by atoms with van der Waals surface area (Å²) in [7, 11) is 0. The molecule has 0 aliphatic heterocycles. The third-order valence-corrected chi connectivity index (χ3v) is 2.59. The highest BCUT2D eigenvalue weighted by Crippen LogP contribution is 2.18. The van der Waals surface area contributed by atoms with Gasteiger partial charge in [-0.15, -0.1) is 0 Å². The van der Waals surface area contributed by atoms with Gasteiger partial charge in [-0.05, 0) is 32.3 Å². The lowest BCUT2D eigenvalue weighted by atomic mass is 10.0. The maximum Gasteiger partial charge on any atom is 0.217 e. The number of allylic oxidation sites excluding steroid dienone is 2. The maximum atomic E-state index is 11.2. The zero-order valence-electron chi connectivity index (χ0n) is 10.9. The van der Waals surface area contributed by atoms with E-state index in [-0.39, 0.29) is 11.9 Å². The second-order valence-electron chi connectivity index (χ2n) is 4.52. The summed E-state index contributed by atoms with van der Waals surface area (Å²) in [6, 6.07) is 10.2. The molecule has 0 aliphatic carbocycles. The minimum atomic E-state index is 0.0241. The van der Waals surface area contributed by atoms with Crippen molar-refractivity contribution in [1.82, 2.24) is 5.32 Å². The second-order valence-corrected chi connectivity index (χ2v) is 4.52. The third kappa shape index (κ3) is 5.34. The molecule has 17 heavy (non-hydrogen) atoms. The number of hydrogen-bond acceptors (Lipinski definition) is 1. The van der Waals surface area contributed by atoms with Gasteiger partial charge in [0.25, 0.3) is 0 Å². The van der Waals surface area contributed by atoms with Crippen molar-refractivity contribution in [2.45, 2.75) is 39.7 Å². The Morgan fingerprint density at radius 2 is 1.88 bits per heavy atom. The molecule has 1 aromatic carbocycles. The normalized spacial score (nSPS) is 11.7. The minimum Gasteiger partial charge on any atom is -0.350 e. The molecule has 1 aromatic rings. The number of rotatable bonds is 5. The number of amides is 1. The maximum absolute atomic E-state index is 11.2. The molecule has 0 bridgehead atoms. The van der Waals surface area contributed by atoms with Gasteiger partial charge in [-0.3, -0.25) is 4.79 Å². The van der Waals surface area contributed by atoms with Gasteiger partial charge in [-0.25, -0.2) is 0 Å². The first-order valence-electron chi connectivity index (χ1n) is 6.05. The fourth-order valence-electron chi connectivity index (χ4n) is 1.79. The van der Waals surface area contributed by atoms with E-state index in [0.29, 0.717) is 0 Å². The van der Waals surface area contributed by atoms with Crippen LogP contribution < -0.4 is 5.32 Å². The Kier molecular flexibility index (Phi) is 5.47. The predicted octanol–water partition coefficient (Wildman–Crippen LogP) is 3.61. The summed E-state index contributed by atoms with van der Waals surface area (Å²) in [5.74, 6) is 0.0241. The lowest BCUT2D eigenvalue weighted by Crippen LogP contribution is -2.25. The molecule has 1 rings (SSSR count). The quantitative estimate of drug-likeness (QED) is 0.771. The molecule has 0 radical (unpaired) electrons. The monoisotopic (exact) mass is 231 g/mol. The van der Waals surface area contributed by atoms with E-state index in [0.717, 1.165) is 12.8 Å². The number of nitrogens with one attached hydrogen (secondary N) is 1. The van der Waals surface area contributed by atoms with Crippen molar-refractivity contribution in [3.63, 3.8) is 0 Å². The van der Waals surface area contributed by atoms with Crippen molar-refractivity contribution >= 4 is 5.91 Å². The van der Waals surface area contributed by atoms with Gasteiger partial charge < -0.3 is 5.32 Å². The SMILES string of the molecule is CC(=O)NC(CCC=C(C)C)c1ccccc1. The first kappa shape index (κ1) is 13.5. The predicted molar refractivity (Wildman–Crippen MR) is 71.7 cm³/mol. The van der Waals surface area contributed by atoms with Crippen LogP contribution >= 0.6 is 0 Å². The number of benzene rings is 1. The molecule has 0 spiro atoms. The molecule has 1 unspecified atom stereocenters. The van der Waals surface area contributed by atoms with Crippen LogP contribution in [-0.4, -0.2) is 5.91 Å². The van der Waals surface area contributed by atoms with Crippen molar-refractivity contribution in [3.05, 3.63) is 47.5 Å². The molecule has 0 aliphatic rings. The topological polar surface area (TPSA) is 29.1 Å². The molecule has 2 heteroatoms. The summed E-state index contributed by atoms with van der Waals surface area (Å²) >= 11 is 0. The van der Waals surface area contributed by atoms with Crippen LogP contribution in [0.5, 0.6) is 0 Å². The number of hydrogen-bond donors (Lipinski definition) is 1. The van der Waals surface area contributed by atoms with E-state index < -0.39 is 0 Å². The average molecular weight is 231 g/mol. The molecule has 2 nitrogen and oxygen atoms in total. The highest BCUT2D eigenvalue weighted by molar-refractivity contribution is 5.73. The molecular formula is C15H21NO. The van der Waals surface area contributed by atoms with Crippen molar-refractivity contribution in [3.8, 4) is 0 Å². The van der Waals surface area contributed by atoms with Crippen LogP contribution in [-0.2, 0) is 4.79 Å². The molecule has 1 N–H and O–H groups in total. The van der Waals surface area contributed by atoms with Gasteiger partial charge >= 0.3 is 0 Å². The van der Waals surface area contributed by atoms with E-state index in [1.165, 1.54) is 11.1 Å². The molecule has 1 amide bonds. The summed E-state index contributed by atoms with van der Waals surface area (Å²) in [4.78, 5) is 11.2. The van der Waals surface area contributed by atoms with Crippen molar-refractivity contribution < 1.29 is 4.79 Å². The van der Waals surface area contributed by atoms with Gasteiger partial charge in [-0.1, -0.05) is 42.0 Å². The van der Waals surface area contributed by atoms with Crippen molar-refractivity contribution in [2.24, 2.45) is 0 Å². The second kappa shape index (κ2) is 6.89. The Hall–Kier alpha value is -1.57. The standard InChI is InChI=1S/C15H21NO/c1-12(2)8-7-11-15(16-13(3)17)14-9-5-4-6-10-14/h4-6,8-10,15H,7,11H2,1-3H3,(H,16,17). The number of carbonyl (C=O) groups is 1. The highest BCUT2D eigenvalue weighted by Gasteiger charge is 2.10. The van der Waals surface area contributed by atoms with Gasteiger partial charge in [0.2, 0.25) is 5.91 Å². The molecular weight excluding hydrogens is 210 g/mol. The van der Waals surface area contributed by atoms with Gasteiger partial charge in [0.05, 0.1) is 6.04 Å². The van der Waals surface area contributed by atoms with E-state index in [1.807, 2.05) is 18.2 Å². The van der Waals surface area contributed by atoms with E-state index in [9.17, 15) is 4.79 Å². The summed E-state index contributed by atoms with van der Waals surface area (Å²) in [5, 5.41) is 3.00. The molecule has 0 heterocycles. The number of carbonyl (C=O) groups excluding carboxylic acids is 1. The first-order valence-corrected chi connectivity index (χ1v) is 6.05. The van der Waals surface area contributed by atoms with Gasteiger partial charge in [0.15, 0.2) is 0 Å². The van der Waals surface area contributed by atoms with Crippen molar-refractivity contribution in [1.29, 1.82) is 0 Å². The summed E-state index contributed by atoms with van der Waals surface area (Å²) in [5.41, 5.74) is 2.49. The van der Waals surface area contributed by atoms with Crippen LogP contribution in [0.1, 0.15) is 45.2 Å². The van der Waals surface area contributed by atoms with Gasteiger partial charge in [0.1, 0.15) is 0 Å². The smallest absolute Gasteiger partial charge is 0.217 e. The van der Waals surface area contributed by atoms with Gasteiger partial charge in [0, 0.05) is 6.92 Å². The highest BCUT2D eigenvalue weighted by atomic mass is 16.1. The Labute approximate surface area is 104 Å². The van der Waals surface area contributed by atoms with E-state index in [1.54, 1.807) is 6.92 Å². The molecule has 92 valence electrons. The van der Waals surface area contributed by atoms with Crippen LogP contribution in [0.4, 0.5) is 0 Å². The van der Waals surface area contributed by atoms with Crippen LogP contribution in [0.2, 0.25) is 0 Å². The molecule has 0 saturated carbocycles. The minimum absolute atomic E-state index is 0.0241. The average Bonchev–Trinajstić information content (AvgIpc) is 2.28. The van der Waals surface area contributed by atoms with Gasteiger partial charge in [-0.2, -0.15) is 0 Å². The third-order valence-electron chi connectivity index (χ3n) is 2.59. The van der Waals surface area contributed by atoms with E-state index in [2.05, 4.69) is 37.4 Å². The van der Waals surface area contributed by atoms with Crippen molar-refractivity contribution in [2.75, 3.05) is 0 Å². The molecule has 1 atom stereocenters. The fraction of sp³-hybridized carbons (Fsp3) is 0.400. The summed E-state index contributed by atoms with van der Waals surface area (Å²) in [6.45, 7) is 5.75. The Morgan fingerprint density at radius 1 is 1.24 bits per heavy atom. The van der Waals surface area contributed by atoms with E-state index in [4.69, 9.17) is 0 Å². The Morgan fingerprint density at radius 3 is 2.41 bits per heavy atom. The summed E-state index contributed by atoms with van der Waals surface area (Å²) in [6.07, 6.45) is 4.13. The Balaban J connectivity index is 2.67. The Bertz CT molecular complexity index is 377. The zero-order valence-corrected chi connectivity index (χ0v) is 10.9. The largest absolute Gasteiger partial charge is 0.350 e. The summed E-state index contributed by atoms with van der Waals surface area (Å²) < 4.78 is 0. The van der Waals surface area contributed by atoms with Crippen LogP contribution in [0.15, 0.2) is 42.0 Å². The lowest BCUT2D eigenvalue weighted by Gasteiger charge is -2.17. The zero-order chi connectivity index (χ0) is 12.7.